The zero-order valence-electron chi connectivity index (χ0n) is 8.23. The maximum Gasteiger partial charge on any atom is 0.407 e. The third-order valence-electron chi connectivity index (χ3n) is 2.08. The molecule has 15 heavy (non-hydrogen) atoms. The van der Waals surface area contributed by atoms with Gasteiger partial charge in [-0.15, -0.1) is 0 Å². The molecule has 0 bridgehead atoms. The second-order valence-electron chi connectivity index (χ2n) is 3.26. The normalized spacial score (nSPS) is 24.5. The molecule has 0 unspecified atom stereocenters. The predicted molar refractivity (Wildman–Crippen MR) is 52.5 cm³/mol. The quantitative estimate of drug-likeness (QED) is 0.560. The summed E-state index contributed by atoms with van der Waals surface area (Å²) in [6.07, 6.45) is 1.29. The van der Waals surface area contributed by atoms with Crippen molar-refractivity contribution >= 4 is 12.1 Å². The van der Waals surface area contributed by atoms with Gasteiger partial charge in [0, 0.05) is 12.6 Å². The maximum atomic E-state index is 11.1. The first-order valence-corrected chi connectivity index (χ1v) is 4.64. The highest BCUT2D eigenvalue weighted by molar-refractivity contribution is 5.74. The molecule has 1 aliphatic heterocycles. The van der Waals surface area contributed by atoms with E-state index >= 15 is 0 Å². The summed E-state index contributed by atoms with van der Waals surface area (Å²) in [5.74, 6) is -0.904. The smallest absolute Gasteiger partial charge is 0.407 e. The van der Waals surface area contributed by atoms with E-state index in [4.69, 9.17) is 9.84 Å². The van der Waals surface area contributed by atoms with E-state index in [0.29, 0.717) is 13.0 Å². The van der Waals surface area contributed by atoms with Crippen molar-refractivity contribution in [2.45, 2.75) is 18.5 Å². The molecular weight excluding hydrogens is 200 g/mol. The summed E-state index contributed by atoms with van der Waals surface area (Å²) in [4.78, 5) is 21.7. The number of carbonyl (C=O) groups excluding carboxylic acids is 1. The SMILES string of the molecule is C=CCOC(=O)N[C@H]1CN[C@H](C(=O)O)C1. The summed E-state index contributed by atoms with van der Waals surface area (Å²) >= 11 is 0. The van der Waals surface area contributed by atoms with Gasteiger partial charge in [0.15, 0.2) is 0 Å². The number of carboxylic acid groups (broad SMARTS) is 1. The van der Waals surface area contributed by atoms with Gasteiger partial charge < -0.3 is 20.5 Å². The van der Waals surface area contributed by atoms with Crippen molar-refractivity contribution in [1.82, 2.24) is 10.6 Å². The molecule has 0 saturated carbocycles. The molecule has 0 aliphatic carbocycles. The van der Waals surface area contributed by atoms with E-state index in [1.54, 1.807) is 0 Å². The van der Waals surface area contributed by atoms with Crippen LogP contribution in [-0.4, -0.2) is 42.4 Å². The Labute approximate surface area is 87.3 Å². The first-order valence-electron chi connectivity index (χ1n) is 4.64. The lowest BCUT2D eigenvalue weighted by molar-refractivity contribution is -0.139. The third kappa shape index (κ3) is 3.59. The number of rotatable bonds is 4. The number of carbonyl (C=O) groups is 2. The number of hydrogen-bond acceptors (Lipinski definition) is 4. The fraction of sp³-hybridized carbons (Fsp3) is 0.556. The number of hydrogen-bond donors (Lipinski definition) is 3. The molecular formula is C9H14N2O4. The minimum Gasteiger partial charge on any atom is -0.480 e. The van der Waals surface area contributed by atoms with E-state index in [9.17, 15) is 9.59 Å². The summed E-state index contributed by atoms with van der Waals surface area (Å²) in [5, 5.41) is 14.0. The molecule has 0 spiro atoms. The van der Waals surface area contributed by atoms with Crippen molar-refractivity contribution in [3.8, 4) is 0 Å². The minimum atomic E-state index is -0.904. The average molecular weight is 214 g/mol. The van der Waals surface area contributed by atoms with Crippen LogP contribution < -0.4 is 10.6 Å². The van der Waals surface area contributed by atoms with Gasteiger partial charge in [-0.25, -0.2) is 4.79 Å². The zero-order valence-corrected chi connectivity index (χ0v) is 8.23. The van der Waals surface area contributed by atoms with Crippen molar-refractivity contribution in [2.24, 2.45) is 0 Å². The van der Waals surface area contributed by atoms with Gasteiger partial charge in [0.05, 0.1) is 0 Å². The van der Waals surface area contributed by atoms with Gasteiger partial charge in [-0.2, -0.15) is 0 Å². The van der Waals surface area contributed by atoms with E-state index in [0.717, 1.165) is 0 Å². The summed E-state index contributed by atoms with van der Waals surface area (Å²) in [7, 11) is 0. The van der Waals surface area contributed by atoms with Crippen LogP contribution in [0.5, 0.6) is 0 Å². The van der Waals surface area contributed by atoms with Crippen LogP contribution in [0.2, 0.25) is 0 Å². The number of ether oxygens (including phenoxy) is 1. The lowest BCUT2D eigenvalue weighted by Crippen LogP contribution is -2.36. The van der Waals surface area contributed by atoms with Crippen molar-refractivity contribution < 1.29 is 19.4 Å². The van der Waals surface area contributed by atoms with Gasteiger partial charge in [-0.1, -0.05) is 12.7 Å². The van der Waals surface area contributed by atoms with Crippen molar-refractivity contribution in [1.29, 1.82) is 0 Å². The van der Waals surface area contributed by atoms with Crippen LogP contribution in [-0.2, 0) is 9.53 Å². The van der Waals surface area contributed by atoms with Crippen LogP contribution in [0.1, 0.15) is 6.42 Å². The Balaban J connectivity index is 2.26. The monoisotopic (exact) mass is 214 g/mol. The first kappa shape index (κ1) is 11.5. The van der Waals surface area contributed by atoms with Crippen molar-refractivity contribution in [2.75, 3.05) is 13.2 Å². The van der Waals surface area contributed by atoms with E-state index in [1.807, 2.05) is 0 Å². The molecule has 1 aliphatic rings. The molecule has 1 rings (SSSR count). The summed E-state index contributed by atoms with van der Waals surface area (Å²) in [6, 6.07) is -0.780. The average Bonchev–Trinajstić information content (AvgIpc) is 2.63. The standard InChI is InChI=1S/C9H14N2O4/c1-2-3-15-9(14)11-6-4-7(8(12)13)10-5-6/h2,6-7,10H,1,3-5H2,(H,11,14)(H,12,13)/t6-,7+/m1/s1. The lowest BCUT2D eigenvalue weighted by atomic mass is 10.2. The van der Waals surface area contributed by atoms with E-state index in [1.165, 1.54) is 6.08 Å². The Hall–Kier alpha value is -1.56. The Bertz CT molecular complexity index is 267. The van der Waals surface area contributed by atoms with Gasteiger partial charge >= 0.3 is 12.1 Å². The molecule has 1 fully saturated rings. The minimum absolute atomic E-state index is 0.147. The van der Waals surface area contributed by atoms with Gasteiger partial charge in [0.1, 0.15) is 12.6 Å². The third-order valence-corrected chi connectivity index (χ3v) is 2.08. The van der Waals surface area contributed by atoms with Gasteiger partial charge in [0.25, 0.3) is 0 Å². The topological polar surface area (TPSA) is 87.7 Å². The number of alkyl carbamates (subject to hydrolysis) is 1. The maximum absolute atomic E-state index is 11.1. The molecule has 0 aromatic carbocycles. The molecule has 3 N–H and O–H groups in total. The highest BCUT2D eigenvalue weighted by Gasteiger charge is 2.30. The second-order valence-corrected chi connectivity index (χ2v) is 3.26. The molecule has 1 amide bonds. The molecule has 0 aromatic rings. The van der Waals surface area contributed by atoms with Gasteiger partial charge in [0.2, 0.25) is 0 Å². The van der Waals surface area contributed by atoms with Crippen LogP contribution in [0.15, 0.2) is 12.7 Å². The molecule has 1 saturated heterocycles. The summed E-state index contributed by atoms with van der Waals surface area (Å²) in [6.45, 7) is 4.00. The molecule has 2 atom stereocenters. The molecule has 6 heteroatoms. The first-order chi connectivity index (χ1) is 7.13. The Kier molecular flexibility index (Phi) is 4.11. The fourth-order valence-corrected chi connectivity index (χ4v) is 1.38. The highest BCUT2D eigenvalue weighted by Crippen LogP contribution is 2.06. The Morgan fingerprint density at radius 2 is 2.40 bits per heavy atom. The summed E-state index contributed by atoms with van der Waals surface area (Å²) in [5.41, 5.74) is 0. The van der Waals surface area contributed by atoms with E-state index < -0.39 is 18.1 Å². The lowest BCUT2D eigenvalue weighted by Gasteiger charge is -2.10. The van der Waals surface area contributed by atoms with Crippen LogP contribution in [0.25, 0.3) is 0 Å². The fourth-order valence-electron chi connectivity index (χ4n) is 1.38. The molecule has 0 radical (unpaired) electrons. The van der Waals surface area contributed by atoms with Crippen molar-refractivity contribution in [3.05, 3.63) is 12.7 Å². The predicted octanol–water partition coefficient (Wildman–Crippen LogP) is -0.286. The molecule has 84 valence electrons. The van der Waals surface area contributed by atoms with Gasteiger partial charge in [-0.3, -0.25) is 4.79 Å². The Morgan fingerprint density at radius 3 is 2.93 bits per heavy atom. The number of nitrogens with one attached hydrogen (secondary N) is 2. The summed E-state index contributed by atoms with van der Waals surface area (Å²) < 4.78 is 4.71. The van der Waals surface area contributed by atoms with Crippen molar-refractivity contribution in [3.63, 3.8) is 0 Å². The molecule has 6 nitrogen and oxygen atoms in total. The largest absolute Gasteiger partial charge is 0.480 e. The van der Waals surface area contributed by atoms with E-state index in [-0.39, 0.29) is 12.6 Å². The highest BCUT2D eigenvalue weighted by atomic mass is 16.5. The number of amides is 1. The Morgan fingerprint density at radius 1 is 1.67 bits per heavy atom. The number of carboxylic acids is 1. The van der Waals surface area contributed by atoms with Crippen LogP contribution in [0.4, 0.5) is 4.79 Å². The zero-order chi connectivity index (χ0) is 11.3. The molecule has 0 aromatic heterocycles. The van der Waals surface area contributed by atoms with E-state index in [2.05, 4.69) is 17.2 Å². The number of aliphatic carboxylic acids is 1. The second kappa shape index (κ2) is 5.35. The van der Waals surface area contributed by atoms with Crippen LogP contribution in [0.3, 0.4) is 0 Å². The molecule has 1 heterocycles. The van der Waals surface area contributed by atoms with Gasteiger partial charge in [-0.05, 0) is 6.42 Å². The van der Waals surface area contributed by atoms with Crippen LogP contribution in [0, 0.1) is 0 Å². The van der Waals surface area contributed by atoms with Crippen LogP contribution >= 0.6 is 0 Å².